The summed E-state index contributed by atoms with van der Waals surface area (Å²) in [6.45, 7) is 8.92. The van der Waals surface area contributed by atoms with Gasteiger partial charge in [0.25, 0.3) is 0 Å². The molecule has 0 spiro atoms. The lowest BCUT2D eigenvalue weighted by Gasteiger charge is -2.41. The first-order valence-corrected chi connectivity index (χ1v) is 6.24. The zero-order chi connectivity index (χ0) is 12.2. The molecule has 1 fully saturated rings. The van der Waals surface area contributed by atoms with E-state index in [2.05, 4.69) is 31.0 Å². The van der Waals surface area contributed by atoms with Crippen molar-refractivity contribution in [3.63, 3.8) is 0 Å². The fraction of sp³-hybridized carbons (Fsp3) is 0.917. The van der Waals surface area contributed by atoms with Gasteiger partial charge in [0.1, 0.15) is 5.54 Å². The van der Waals surface area contributed by atoms with Gasteiger partial charge in [-0.25, -0.2) is 0 Å². The van der Waals surface area contributed by atoms with Crippen LogP contribution in [0.4, 0.5) is 0 Å². The van der Waals surface area contributed by atoms with E-state index in [9.17, 15) is 9.90 Å². The molecule has 1 saturated heterocycles. The molecule has 0 aromatic heterocycles. The number of hydrogen-bond acceptors (Lipinski definition) is 3. The van der Waals surface area contributed by atoms with Crippen LogP contribution in [-0.2, 0) is 4.79 Å². The lowest BCUT2D eigenvalue weighted by Crippen LogP contribution is -2.59. The molecule has 1 heterocycles. The maximum absolute atomic E-state index is 11.4. The van der Waals surface area contributed by atoms with Crippen LogP contribution in [0, 0.1) is 0 Å². The van der Waals surface area contributed by atoms with E-state index in [-0.39, 0.29) is 0 Å². The van der Waals surface area contributed by atoms with Crippen molar-refractivity contribution in [3.05, 3.63) is 0 Å². The van der Waals surface area contributed by atoms with E-state index in [0.717, 1.165) is 26.1 Å². The Morgan fingerprint density at radius 2 is 2.00 bits per heavy atom. The van der Waals surface area contributed by atoms with E-state index in [4.69, 9.17) is 0 Å². The van der Waals surface area contributed by atoms with Gasteiger partial charge < -0.3 is 15.3 Å². The molecule has 0 saturated carbocycles. The summed E-state index contributed by atoms with van der Waals surface area (Å²) in [4.78, 5) is 13.7. The quantitative estimate of drug-likeness (QED) is 0.745. The molecule has 0 aromatic carbocycles. The minimum Gasteiger partial charge on any atom is -0.480 e. The van der Waals surface area contributed by atoms with Gasteiger partial charge >= 0.3 is 5.97 Å². The van der Waals surface area contributed by atoms with E-state index >= 15 is 0 Å². The first-order valence-electron chi connectivity index (χ1n) is 6.24. The van der Waals surface area contributed by atoms with Crippen LogP contribution in [0.15, 0.2) is 0 Å². The maximum Gasteiger partial charge on any atom is 0.323 e. The van der Waals surface area contributed by atoms with Crippen LogP contribution < -0.4 is 5.32 Å². The van der Waals surface area contributed by atoms with E-state index in [1.165, 1.54) is 0 Å². The molecule has 4 nitrogen and oxygen atoms in total. The second-order valence-electron chi connectivity index (χ2n) is 4.94. The number of nitrogens with one attached hydrogen (secondary N) is 1. The Balaban J connectivity index is 2.59. The van der Waals surface area contributed by atoms with E-state index < -0.39 is 11.5 Å². The minimum atomic E-state index is -0.690. The summed E-state index contributed by atoms with van der Waals surface area (Å²) in [6.07, 6.45) is 2.39. The predicted molar refractivity (Wildman–Crippen MR) is 64.6 cm³/mol. The molecular weight excluding hydrogens is 204 g/mol. The van der Waals surface area contributed by atoms with Crippen LogP contribution in [0.1, 0.15) is 40.0 Å². The molecule has 0 unspecified atom stereocenters. The Morgan fingerprint density at radius 3 is 2.38 bits per heavy atom. The van der Waals surface area contributed by atoms with Gasteiger partial charge in [0.05, 0.1) is 0 Å². The fourth-order valence-corrected chi connectivity index (χ4v) is 2.25. The van der Waals surface area contributed by atoms with E-state index in [1.807, 2.05) is 0 Å². The van der Waals surface area contributed by atoms with Crippen LogP contribution in [0.2, 0.25) is 0 Å². The van der Waals surface area contributed by atoms with Crippen LogP contribution in [0.25, 0.3) is 0 Å². The zero-order valence-corrected chi connectivity index (χ0v) is 10.6. The number of carbonyl (C=O) groups is 1. The summed E-state index contributed by atoms with van der Waals surface area (Å²) in [5.41, 5.74) is -0.679. The molecular formula is C12H24N2O2. The molecule has 0 bridgehead atoms. The summed E-state index contributed by atoms with van der Waals surface area (Å²) in [6, 6.07) is 0.512. The van der Waals surface area contributed by atoms with Gasteiger partial charge in [-0.3, -0.25) is 4.79 Å². The third-order valence-electron chi connectivity index (χ3n) is 3.50. The van der Waals surface area contributed by atoms with Gasteiger partial charge in [0.15, 0.2) is 0 Å². The highest BCUT2D eigenvalue weighted by molar-refractivity contribution is 5.79. The number of hydrogen-bond donors (Lipinski definition) is 2. The molecule has 1 aliphatic rings. The molecule has 0 amide bonds. The SMILES string of the molecule is CCCNC1(C(=O)O)CCN(C(C)C)CC1. The van der Waals surface area contributed by atoms with Crippen molar-refractivity contribution < 1.29 is 9.90 Å². The van der Waals surface area contributed by atoms with Gasteiger partial charge in [-0.1, -0.05) is 6.92 Å². The standard InChI is InChI=1S/C12H24N2O2/c1-4-7-13-12(11(15)16)5-8-14(9-6-12)10(2)3/h10,13H,4-9H2,1-3H3,(H,15,16). The Morgan fingerprint density at radius 1 is 1.44 bits per heavy atom. The Hall–Kier alpha value is -0.610. The Bertz CT molecular complexity index is 233. The number of piperidine rings is 1. The highest BCUT2D eigenvalue weighted by Crippen LogP contribution is 2.24. The predicted octanol–water partition coefficient (Wildman–Crippen LogP) is 1.31. The van der Waals surface area contributed by atoms with Gasteiger partial charge in [-0.15, -0.1) is 0 Å². The topological polar surface area (TPSA) is 52.6 Å². The lowest BCUT2D eigenvalue weighted by atomic mass is 9.87. The van der Waals surface area contributed by atoms with Crippen LogP contribution >= 0.6 is 0 Å². The van der Waals surface area contributed by atoms with E-state index in [1.54, 1.807) is 0 Å². The van der Waals surface area contributed by atoms with E-state index in [0.29, 0.717) is 18.9 Å². The monoisotopic (exact) mass is 228 g/mol. The van der Waals surface area contributed by atoms with Crippen molar-refractivity contribution in [2.45, 2.75) is 51.6 Å². The largest absolute Gasteiger partial charge is 0.480 e. The van der Waals surface area contributed by atoms with Crippen molar-refractivity contribution in [2.24, 2.45) is 0 Å². The summed E-state index contributed by atoms with van der Waals surface area (Å²) < 4.78 is 0. The minimum absolute atomic E-state index is 0.512. The molecule has 0 aliphatic carbocycles. The number of rotatable bonds is 5. The third kappa shape index (κ3) is 2.95. The smallest absolute Gasteiger partial charge is 0.323 e. The molecule has 94 valence electrons. The average molecular weight is 228 g/mol. The Labute approximate surface area is 98.0 Å². The van der Waals surface area contributed by atoms with Crippen molar-refractivity contribution >= 4 is 5.97 Å². The summed E-state index contributed by atoms with van der Waals surface area (Å²) >= 11 is 0. The summed E-state index contributed by atoms with van der Waals surface area (Å²) in [5.74, 6) is -0.690. The zero-order valence-electron chi connectivity index (χ0n) is 10.6. The second-order valence-corrected chi connectivity index (χ2v) is 4.94. The van der Waals surface area contributed by atoms with Crippen LogP contribution in [-0.4, -0.2) is 47.2 Å². The van der Waals surface area contributed by atoms with Gasteiger partial charge in [-0.05, 0) is 39.7 Å². The lowest BCUT2D eigenvalue weighted by molar-refractivity contribution is -0.147. The van der Waals surface area contributed by atoms with Gasteiger partial charge in [0, 0.05) is 19.1 Å². The second kappa shape index (κ2) is 5.64. The van der Waals surface area contributed by atoms with Crippen LogP contribution in [0.3, 0.4) is 0 Å². The van der Waals surface area contributed by atoms with Gasteiger partial charge in [-0.2, -0.15) is 0 Å². The normalized spacial score (nSPS) is 21.2. The first-order chi connectivity index (χ1) is 7.52. The molecule has 16 heavy (non-hydrogen) atoms. The molecule has 0 radical (unpaired) electrons. The highest BCUT2D eigenvalue weighted by Gasteiger charge is 2.41. The molecule has 1 rings (SSSR count). The number of carboxylic acids is 1. The van der Waals surface area contributed by atoms with Crippen molar-refractivity contribution in [2.75, 3.05) is 19.6 Å². The van der Waals surface area contributed by atoms with Crippen molar-refractivity contribution in [1.29, 1.82) is 0 Å². The van der Waals surface area contributed by atoms with Crippen molar-refractivity contribution in [3.8, 4) is 0 Å². The van der Waals surface area contributed by atoms with Gasteiger partial charge in [0.2, 0.25) is 0 Å². The Kier molecular flexibility index (Phi) is 4.74. The summed E-state index contributed by atoms with van der Waals surface area (Å²) in [7, 11) is 0. The number of likely N-dealkylation sites (tertiary alicyclic amines) is 1. The fourth-order valence-electron chi connectivity index (χ4n) is 2.25. The number of carboxylic acid groups (broad SMARTS) is 1. The molecule has 2 N–H and O–H groups in total. The molecule has 4 heteroatoms. The average Bonchev–Trinajstić information content (AvgIpc) is 2.26. The third-order valence-corrected chi connectivity index (χ3v) is 3.50. The first kappa shape index (κ1) is 13.5. The maximum atomic E-state index is 11.4. The van der Waals surface area contributed by atoms with Crippen LogP contribution in [0.5, 0.6) is 0 Å². The summed E-state index contributed by atoms with van der Waals surface area (Å²) in [5, 5.41) is 12.6. The highest BCUT2D eigenvalue weighted by atomic mass is 16.4. The molecule has 0 aromatic rings. The number of aliphatic carboxylic acids is 1. The van der Waals surface area contributed by atoms with Crippen molar-refractivity contribution in [1.82, 2.24) is 10.2 Å². The number of nitrogens with zero attached hydrogens (tertiary/aromatic N) is 1. The molecule has 0 atom stereocenters. The molecule has 1 aliphatic heterocycles.